The molecule has 0 saturated heterocycles. The number of amides is 1. The average molecular weight is 107 g/mol. The highest BCUT2D eigenvalue weighted by Gasteiger charge is 1.81. The summed E-state index contributed by atoms with van der Waals surface area (Å²) in [5.41, 5.74) is 2.35. The Hall–Kier alpha value is -1.45. The molecule has 0 spiro atoms. The van der Waals surface area contributed by atoms with E-state index in [9.17, 15) is 4.79 Å². The van der Waals surface area contributed by atoms with E-state index in [4.69, 9.17) is 6.42 Å². The molecular formula is C6H5NO. The molecule has 0 bridgehead atoms. The van der Waals surface area contributed by atoms with Crippen molar-refractivity contribution < 1.29 is 4.79 Å². The highest BCUT2D eigenvalue weighted by atomic mass is 16.1. The van der Waals surface area contributed by atoms with Gasteiger partial charge in [-0.3, -0.25) is 4.79 Å². The fourth-order valence-corrected chi connectivity index (χ4v) is 0.196. The van der Waals surface area contributed by atoms with Gasteiger partial charge in [0.1, 0.15) is 0 Å². The van der Waals surface area contributed by atoms with Crippen molar-refractivity contribution >= 4 is 6.41 Å². The van der Waals surface area contributed by atoms with Crippen molar-refractivity contribution in [3.05, 3.63) is 18.5 Å². The van der Waals surface area contributed by atoms with Gasteiger partial charge < -0.3 is 0 Å². The fraction of sp³-hybridized carbons (Fsp3) is 0. The Morgan fingerprint density at radius 1 is 1.75 bits per heavy atom. The molecule has 0 aliphatic carbocycles. The quantitative estimate of drug-likeness (QED) is 0.215. The smallest absolute Gasteiger partial charge is 0.225 e. The average Bonchev–Trinajstić information content (AvgIpc) is 1.83. The Kier molecular flexibility index (Phi) is 3.05. The molecular weight excluding hydrogens is 102 g/mol. The van der Waals surface area contributed by atoms with E-state index in [0.717, 1.165) is 4.90 Å². The molecule has 0 heterocycles. The van der Waals surface area contributed by atoms with E-state index in [2.05, 4.69) is 18.4 Å². The number of terminal acetylenes is 1. The minimum Gasteiger partial charge on any atom is -0.277 e. The third-order valence-corrected chi connectivity index (χ3v) is 0.493. The van der Waals surface area contributed by atoms with Crippen molar-refractivity contribution in [1.29, 1.82) is 0 Å². The van der Waals surface area contributed by atoms with Gasteiger partial charge >= 0.3 is 0 Å². The Labute approximate surface area is 48.1 Å². The second kappa shape index (κ2) is 3.73. The molecule has 0 atom stereocenters. The molecule has 1 amide bonds. The summed E-state index contributed by atoms with van der Waals surface area (Å²) in [6.45, 7) is 3.22. The SMILES string of the molecule is C#CN(C=O)C=C=C. The van der Waals surface area contributed by atoms with E-state index in [-0.39, 0.29) is 0 Å². The number of carbonyl (C=O) groups is 1. The normalized spacial score (nSPS) is 5.88. The summed E-state index contributed by atoms with van der Waals surface area (Å²) >= 11 is 0. The number of carbonyl (C=O) groups excluding carboxylic acids is 1. The number of hydrogen-bond donors (Lipinski definition) is 0. The molecule has 40 valence electrons. The molecule has 0 radical (unpaired) electrons. The van der Waals surface area contributed by atoms with Gasteiger partial charge in [-0.15, -0.1) is 5.73 Å². The lowest BCUT2D eigenvalue weighted by atomic mass is 10.7. The Balaban J connectivity index is 3.94. The first-order valence-electron chi connectivity index (χ1n) is 1.91. The molecule has 0 N–H and O–H groups in total. The topological polar surface area (TPSA) is 20.3 Å². The van der Waals surface area contributed by atoms with Gasteiger partial charge in [0.2, 0.25) is 6.41 Å². The second-order valence-corrected chi connectivity index (χ2v) is 0.975. The van der Waals surface area contributed by atoms with Crippen LogP contribution in [0.3, 0.4) is 0 Å². The van der Waals surface area contributed by atoms with E-state index in [1.807, 2.05) is 0 Å². The molecule has 0 fully saturated rings. The first-order valence-corrected chi connectivity index (χ1v) is 1.91. The van der Waals surface area contributed by atoms with Crippen LogP contribution < -0.4 is 0 Å². The van der Waals surface area contributed by atoms with E-state index in [0.29, 0.717) is 6.41 Å². The summed E-state index contributed by atoms with van der Waals surface area (Å²) in [6.07, 6.45) is 6.58. The molecule has 0 aromatic heterocycles. The van der Waals surface area contributed by atoms with Gasteiger partial charge in [-0.25, -0.2) is 4.90 Å². The van der Waals surface area contributed by atoms with Gasteiger partial charge in [-0.1, -0.05) is 13.0 Å². The zero-order chi connectivity index (χ0) is 6.41. The molecule has 2 heteroatoms. The number of nitrogens with zero attached hydrogens (tertiary/aromatic N) is 1. The summed E-state index contributed by atoms with van der Waals surface area (Å²) < 4.78 is 0. The van der Waals surface area contributed by atoms with Crippen LogP contribution in [0, 0.1) is 12.5 Å². The van der Waals surface area contributed by atoms with Gasteiger partial charge in [0.25, 0.3) is 0 Å². The maximum atomic E-state index is 9.81. The number of rotatable bonds is 2. The predicted molar refractivity (Wildman–Crippen MR) is 30.4 cm³/mol. The van der Waals surface area contributed by atoms with Gasteiger partial charge in [-0.2, -0.15) is 0 Å². The van der Waals surface area contributed by atoms with E-state index in [1.54, 1.807) is 0 Å². The Bertz CT molecular complexity index is 160. The van der Waals surface area contributed by atoms with Gasteiger partial charge in [0.15, 0.2) is 0 Å². The summed E-state index contributed by atoms with van der Waals surface area (Å²) in [5.74, 6) is 0. The lowest BCUT2D eigenvalue weighted by Crippen LogP contribution is -2.04. The van der Waals surface area contributed by atoms with Gasteiger partial charge in [0, 0.05) is 6.04 Å². The largest absolute Gasteiger partial charge is 0.277 e. The summed E-state index contributed by atoms with van der Waals surface area (Å²) in [4.78, 5) is 10.8. The first kappa shape index (κ1) is 6.55. The van der Waals surface area contributed by atoms with E-state index in [1.165, 1.54) is 6.20 Å². The Morgan fingerprint density at radius 3 is 2.50 bits per heavy atom. The summed E-state index contributed by atoms with van der Waals surface area (Å²) in [7, 11) is 0. The highest BCUT2D eigenvalue weighted by molar-refractivity contribution is 5.52. The third-order valence-electron chi connectivity index (χ3n) is 0.493. The molecule has 0 aliphatic heterocycles. The molecule has 0 aliphatic rings. The standard InChI is InChI=1S/C6H5NO/c1-3-5-7(4-2)6-8/h2,5-6H,1H2. The van der Waals surface area contributed by atoms with Crippen LogP contribution in [0.2, 0.25) is 0 Å². The van der Waals surface area contributed by atoms with Crippen molar-refractivity contribution in [3.63, 3.8) is 0 Å². The van der Waals surface area contributed by atoms with Crippen LogP contribution >= 0.6 is 0 Å². The molecule has 0 saturated carbocycles. The lowest BCUT2D eigenvalue weighted by molar-refractivity contribution is -0.113. The summed E-state index contributed by atoms with van der Waals surface area (Å²) in [6, 6.07) is 2.06. The first-order chi connectivity index (χ1) is 3.85. The van der Waals surface area contributed by atoms with Gasteiger partial charge in [0.05, 0.1) is 6.20 Å². The maximum Gasteiger partial charge on any atom is 0.225 e. The second-order valence-electron chi connectivity index (χ2n) is 0.975. The van der Waals surface area contributed by atoms with Crippen molar-refractivity contribution in [2.45, 2.75) is 0 Å². The van der Waals surface area contributed by atoms with Crippen LogP contribution in [0.4, 0.5) is 0 Å². The van der Waals surface area contributed by atoms with Crippen LogP contribution in [0.25, 0.3) is 0 Å². The van der Waals surface area contributed by atoms with Crippen molar-refractivity contribution in [2.24, 2.45) is 0 Å². The van der Waals surface area contributed by atoms with E-state index < -0.39 is 0 Å². The van der Waals surface area contributed by atoms with Crippen molar-refractivity contribution in [3.8, 4) is 12.5 Å². The minimum absolute atomic E-state index is 0.498. The zero-order valence-electron chi connectivity index (χ0n) is 4.29. The Morgan fingerprint density at radius 2 is 2.38 bits per heavy atom. The molecule has 8 heavy (non-hydrogen) atoms. The highest BCUT2D eigenvalue weighted by Crippen LogP contribution is 1.74. The fourth-order valence-electron chi connectivity index (χ4n) is 0.196. The molecule has 0 unspecified atom stereocenters. The minimum atomic E-state index is 0.498. The number of hydrogen-bond acceptors (Lipinski definition) is 1. The van der Waals surface area contributed by atoms with Crippen LogP contribution in [0.15, 0.2) is 18.5 Å². The van der Waals surface area contributed by atoms with Crippen LogP contribution in [-0.4, -0.2) is 11.3 Å². The molecule has 0 rings (SSSR count). The monoisotopic (exact) mass is 107 g/mol. The van der Waals surface area contributed by atoms with Crippen LogP contribution in [0.5, 0.6) is 0 Å². The van der Waals surface area contributed by atoms with Crippen LogP contribution in [0.1, 0.15) is 0 Å². The zero-order valence-corrected chi connectivity index (χ0v) is 4.29. The van der Waals surface area contributed by atoms with Crippen molar-refractivity contribution in [2.75, 3.05) is 0 Å². The molecule has 2 nitrogen and oxygen atoms in total. The molecule has 0 aromatic rings. The lowest BCUT2D eigenvalue weighted by Gasteiger charge is -1.94. The van der Waals surface area contributed by atoms with Crippen LogP contribution in [-0.2, 0) is 4.79 Å². The summed E-state index contributed by atoms with van der Waals surface area (Å²) in [5, 5.41) is 0. The van der Waals surface area contributed by atoms with Gasteiger partial charge in [-0.05, 0) is 0 Å². The van der Waals surface area contributed by atoms with E-state index >= 15 is 0 Å². The third kappa shape index (κ3) is 1.86. The van der Waals surface area contributed by atoms with Crippen molar-refractivity contribution in [1.82, 2.24) is 4.90 Å². The predicted octanol–water partition coefficient (Wildman–Crippen LogP) is 0.334. The maximum absolute atomic E-state index is 9.81. The molecule has 0 aromatic carbocycles.